The van der Waals surface area contributed by atoms with Crippen LogP contribution in [0.25, 0.3) is 5.95 Å². The van der Waals surface area contributed by atoms with Gasteiger partial charge in [0.2, 0.25) is 17.8 Å². The zero-order chi connectivity index (χ0) is 14.5. The minimum absolute atomic E-state index is 0.176. The standard InChI is InChI=1S/C11H16N8O/c1-7(6-8(12)20)15-10-16-9(13-2)17-11(18-10)19-5-3-4-14-19/h3-5,7H,6H2,1-2H3,(H2,12,20)(H2,13,15,16,17,18). The van der Waals surface area contributed by atoms with E-state index in [1.165, 1.54) is 4.68 Å². The number of amides is 1. The zero-order valence-corrected chi connectivity index (χ0v) is 11.2. The Morgan fingerprint density at radius 1 is 1.40 bits per heavy atom. The molecule has 9 heteroatoms. The van der Waals surface area contributed by atoms with Crippen molar-refractivity contribution in [2.75, 3.05) is 17.7 Å². The van der Waals surface area contributed by atoms with Crippen LogP contribution >= 0.6 is 0 Å². The molecule has 0 aliphatic heterocycles. The van der Waals surface area contributed by atoms with Crippen LogP contribution in [0.3, 0.4) is 0 Å². The van der Waals surface area contributed by atoms with Gasteiger partial charge in [-0.05, 0) is 13.0 Å². The van der Waals surface area contributed by atoms with Gasteiger partial charge in [0.15, 0.2) is 0 Å². The SMILES string of the molecule is CNc1nc(NC(C)CC(N)=O)nc(-n2cccn2)n1. The van der Waals surface area contributed by atoms with Crippen molar-refractivity contribution in [3.8, 4) is 5.95 Å². The van der Waals surface area contributed by atoms with Crippen LogP contribution in [-0.4, -0.2) is 43.7 Å². The van der Waals surface area contributed by atoms with Crippen LogP contribution in [0.4, 0.5) is 11.9 Å². The molecule has 1 atom stereocenters. The molecule has 2 aromatic heterocycles. The Morgan fingerprint density at radius 3 is 2.75 bits per heavy atom. The number of hydrogen-bond donors (Lipinski definition) is 3. The third-order valence-corrected chi connectivity index (χ3v) is 2.44. The Kier molecular flexibility index (Phi) is 4.08. The topological polar surface area (TPSA) is 124 Å². The molecule has 2 heterocycles. The summed E-state index contributed by atoms with van der Waals surface area (Å²) in [6.07, 6.45) is 3.55. The molecule has 0 bridgehead atoms. The molecular formula is C11H16N8O. The average molecular weight is 276 g/mol. The smallest absolute Gasteiger partial charge is 0.257 e. The van der Waals surface area contributed by atoms with Gasteiger partial charge in [-0.25, -0.2) is 4.68 Å². The van der Waals surface area contributed by atoms with Crippen LogP contribution in [0.1, 0.15) is 13.3 Å². The number of nitrogens with two attached hydrogens (primary N) is 1. The highest BCUT2D eigenvalue weighted by Crippen LogP contribution is 2.10. The van der Waals surface area contributed by atoms with Gasteiger partial charge >= 0.3 is 0 Å². The van der Waals surface area contributed by atoms with E-state index in [-0.39, 0.29) is 18.4 Å². The molecule has 2 aromatic rings. The summed E-state index contributed by atoms with van der Waals surface area (Å²) in [5.41, 5.74) is 5.15. The first kappa shape index (κ1) is 13.7. The number of rotatable bonds is 6. The van der Waals surface area contributed by atoms with Gasteiger partial charge in [-0.15, -0.1) is 0 Å². The molecule has 0 aromatic carbocycles. The van der Waals surface area contributed by atoms with Crippen molar-refractivity contribution < 1.29 is 4.79 Å². The van der Waals surface area contributed by atoms with E-state index in [0.29, 0.717) is 17.8 Å². The monoisotopic (exact) mass is 276 g/mol. The van der Waals surface area contributed by atoms with Crippen molar-refractivity contribution in [1.82, 2.24) is 24.7 Å². The predicted octanol–water partition coefficient (Wildman–Crippen LogP) is -0.225. The second-order valence-electron chi connectivity index (χ2n) is 4.20. The Balaban J connectivity index is 2.24. The molecule has 4 N–H and O–H groups in total. The highest BCUT2D eigenvalue weighted by atomic mass is 16.1. The maximum absolute atomic E-state index is 10.9. The minimum atomic E-state index is -0.389. The molecule has 20 heavy (non-hydrogen) atoms. The molecular weight excluding hydrogens is 260 g/mol. The van der Waals surface area contributed by atoms with E-state index >= 15 is 0 Å². The van der Waals surface area contributed by atoms with E-state index < -0.39 is 0 Å². The molecule has 0 aliphatic rings. The molecule has 1 unspecified atom stereocenters. The van der Waals surface area contributed by atoms with Crippen LogP contribution < -0.4 is 16.4 Å². The maximum Gasteiger partial charge on any atom is 0.257 e. The molecule has 1 amide bonds. The number of carbonyl (C=O) groups is 1. The number of nitrogens with zero attached hydrogens (tertiary/aromatic N) is 5. The number of primary amides is 1. The molecule has 0 fully saturated rings. The Morgan fingerprint density at radius 2 is 2.15 bits per heavy atom. The Bertz CT molecular complexity index is 582. The van der Waals surface area contributed by atoms with Crippen LogP contribution in [0.5, 0.6) is 0 Å². The van der Waals surface area contributed by atoms with Crippen molar-refractivity contribution in [1.29, 1.82) is 0 Å². The van der Waals surface area contributed by atoms with Gasteiger partial charge in [0.05, 0.1) is 0 Å². The van der Waals surface area contributed by atoms with Gasteiger partial charge in [-0.3, -0.25) is 4.79 Å². The summed E-state index contributed by atoms with van der Waals surface area (Å²) < 4.78 is 1.52. The number of anilines is 2. The van der Waals surface area contributed by atoms with Crippen molar-refractivity contribution in [3.63, 3.8) is 0 Å². The van der Waals surface area contributed by atoms with E-state index in [4.69, 9.17) is 5.73 Å². The van der Waals surface area contributed by atoms with Crippen molar-refractivity contribution in [2.24, 2.45) is 5.73 Å². The van der Waals surface area contributed by atoms with E-state index in [1.54, 1.807) is 25.5 Å². The van der Waals surface area contributed by atoms with Gasteiger partial charge in [-0.2, -0.15) is 20.1 Å². The number of carbonyl (C=O) groups excluding carboxylic acids is 1. The Hall–Kier alpha value is -2.71. The number of nitrogens with one attached hydrogen (secondary N) is 2. The van der Waals surface area contributed by atoms with Crippen LogP contribution in [0, 0.1) is 0 Å². The highest BCUT2D eigenvalue weighted by Gasteiger charge is 2.11. The van der Waals surface area contributed by atoms with Crippen molar-refractivity contribution >= 4 is 17.8 Å². The van der Waals surface area contributed by atoms with Crippen LogP contribution in [0.2, 0.25) is 0 Å². The molecule has 9 nitrogen and oxygen atoms in total. The lowest BCUT2D eigenvalue weighted by atomic mass is 10.2. The summed E-state index contributed by atoms with van der Waals surface area (Å²) in [4.78, 5) is 23.5. The third kappa shape index (κ3) is 3.40. The number of hydrogen-bond acceptors (Lipinski definition) is 7. The fraction of sp³-hybridized carbons (Fsp3) is 0.364. The van der Waals surface area contributed by atoms with E-state index in [9.17, 15) is 4.79 Å². The summed E-state index contributed by atoms with van der Waals surface area (Å²) >= 11 is 0. The van der Waals surface area contributed by atoms with Gasteiger partial charge in [0, 0.05) is 31.9 Å². The third-order valence-electron chi connectivity index (χ3n) is 2.44. The van der Waals surface area contributed by atoms with Gasteiger partial charge in [-0.1, -0.05) is 0 Å². The maximum atomic E-state index is 10.9. The molecule has 2 rings (SSSR count). The normalized spacial score (nSPS) is 11.9. The lowest BCUT2D eigenvalue weighted by Crippen LogP contribution is -2.25. The minimum Gasteiger partial charge on any atom is -0.370 e. The molecule has 0 spiro atoms. The molecule has 0 radical (unpaired) electrons. The first-order chi connectivity index (χ1) is 9.58. The van der Waals surface area contributed by atoms with Crippen molar-refractivity contribution in [3.05, 3.63) is 18.5 Å². The van der Waals surface area contributed by atoms with Gasteiger partial charge in [0.25, 0.3) is 5.95 Å². The predicted molar refractivity (Wildman–Crippen MR) is 73.4 cm³/mol. The lowest BCUT2D eigenvalue weighted by Gasteiger charge is -2.13. The van der Waals surface area contributed by atoms with Crippen LogP contribution in [-0.2, 0) is 4.79 Å². The first-order valence-corrected chi connectivity index (χ1v) is 6.07. The molecule has 0 aliphatic carbocycles. The second kappa shape index (κ2) is 5.95. The summed E-state index contributed by atoms with van der Waals surface area (Å²) in [7, 11) is 1.71. The average Bonchev–Trinajstić information content (AvgIpc) is 2.91. The fourth-order valence-corrected chi connectivity index (χ4v) is 1.60. The largest absolute Gasteiger partial charge is 0.370 e. The lowest BCUT2D eigenvalue weighted by molar-refractivity contribution is -0.118. The molecule has 0 saturated carbocycles. The van der Waals surface area contributed by atoms with E-state index in [2.05, 4.69) is 30.7 Å². The quantitative estimate of drug-likeness (QED) is 0.666. The van der Waals surface area contributed by atoms with Crippen LogP contribution in [0.15, 0.2) is 18.5 Å². The highest BCUT2D eigenvalue weighted by molar-refractivity contribution is 5.74. The summed E-state index contributed by atoms with van der Waals surface area (Å²) in [5.74, 6) is 0.742. The molecule has 106 valence electrons. The summed E-state index contributed by atoms with van der Waals surface area (Å²) in [6, 6.07) is 1.59. The summed E-state index contributed by atoms with van der Waals surface area (Å²) in [5, 5.41) is 9.92. The van der Waals surface area contributed by atoms with E-state index in [0.717, 1.165) is 0 Å². The van der Waals surface area contributed by atoms with Gasteiger partial charge in [0.1, 0.15) is 0 Å². The fourth-order valence-electron chi connectivity index (χ4n) is 1.60. The first-order valence-electron chi connectivity index (χ1n) is 6.07. The van der Waals surface area contributed by atoms with E-state index in [1.807, 2.05) is 6.92 Å². The van der Waals surface area contributed by atoms with Gasteiger partial charge < -0.3 is 16.4 Å². The zero-order valence-electron chi connectivity index (χ0n) is 11.2. The molecule has 0 saturated heterocycles. The second-order valence-corrected chi connectivity index (χ2v) is 4.20. The number of aromatic nitrogens is 5. The van der Waals surface area contributed by atoms with Crippen molar-refractivity contribution in [2.45, 2.75) is 19.4 Å². The summed E-state index contributed by atoms with van der Waals surface area (Å²) in [6.45, 7) is 1.82. The Labute approximate surface area is 115 Å².